The number of carbonyl (C=O) groups is 2. The maximum Gasteiger partial charge on any atom is 0.343 e. The Bertz CT molecular complexity index is 938. The Kier molecular flexibility index (Phi) is 17.5. The van der Waals surface area contributed by atoms with Gasteiger partial charge in [-0.25, -0.2) is 9.59 Å². The number of hydrogen-bond acceptors (Lipinski definition) is 6. The monoisotopic (exact) mass is 554 g/mol. The van der Waals surface area contributed by atoms with E-state index in [1.807, 2.05) is 6.92 Å². The van der Waals surface area contributed by atoms with E-state index >= 15 is 0 Å². The zero-order valence-electron chi connectivity index (χ0n) is 25.0. The van der Waals surface area contributed by atoms with E-state index in [1.54, 1.807) is 48.5 Å². The summed E-state index contributed by atoms with van der Waals surface area (Å²) in [6.07, 6.45) is 15.7. The third kappa shape index (κ3) is 14.5. The maximum absolute atomic E-state index is 12.5. The summed E-state index contributed by atoms with van der Waals surface area (Å²) in [7, 11) is 0. The first-order chi connectivity index (χ1) is 19.5. The molecule has 2 aromatic carbocycles. The molecular formula is C34H50O6. The standard InChI is InChI=1S/C34H50O6/c1-4-6-7-8-9-10-11-12-13-14-26-38-31-21-17-30(18-22-31)34(36)40-32-23-19-29(20-24-32)33(35)39-27-15-16-28(3)37-25-5-2/h17-24,28H,4-16,25-27H2,1-3H3. The molecule has 0 N–H and O–H groups in total. The van der Waals surface area contributed by atoms with Gasteiger partial charge in [0.1, 0.15) is 11.5 Å². The molecule has 222 valence electrons. The van der Waals surface area contributed by atoms with Crippen LogP contribution in [-0.2, 0) is 9.47 Å². The highest BCUT2D eigenvalue weighted by molar-refractivity contribution is 5.92. The van der Waals surface area contributed by atoms with E-state index in [0.29, 0.717) is 30.1 Å². The predicted molar refractivity (Wildman–Crippen MR) is 160 cm³/mol. The number of benzene rings is 2. The van der Waals surface area contributed by atoms with E-state index in [0.717, 1.165) is 38.0 Å². The smallest absolute Gasteiger partial charge is 0.343 e. The molecule has 0 aliphatic heterocycles. The van der Waals surface area contributed by atoms with Gasteiger partial charge in [-0.05, 0) is 81.1 Å². The maximum atomic E-state index is 12.5. The number of ether oxygens (including phenoxy) is 4. The molecule has 6 heteroatoms. The van der Waals surface area contributed by atoms with Gasteiger partial charge >= 0.3 is 11.9 Å². The van der Waals surface area contributed by atoms with Crippen LogP contribution in [0.5, 0.6) is 11.5 Å². The lowest BCUT2D eigenvalue weighted by molar-refractivity contribution is 0.0393. The van der Waals surface area contributed by atoms with Crippen molar-refractivity contribution in [2.24, 2.45) is 0 Å². The van der Waals surface area contributed by atoms with E-state index in [2.05, 4.69) is 13.8 Å². The number of carbonyl (C=O) groups excluding carboxylic acids is 2. The minimum absolute atomic E-state index is 0.158. The lowest BCUT2D eigenvalue weighted by Crippen LogP contribution is -2.12. The number of esters is 2. The zero-order valence-corrected chi connectivity index (χ0v) is 25.0. The van der Waals surface area contributed by atoms with E-state index in [-0.39, 0.29) is 6.10 Å². The highest BCUT2D eigenvalue weighted by Crippen LogP contribution is 2.18. The van der Waals surface area contributed by atoms with E-state index < -0.39 is 11.9 Å². The molecule has 0 amide bonds. The highest BCUT2D eigenvalue weighted by atomic mass is 16.5. The molecule has 1 unspecified atom stereocenters. The van der Waals surface area contributed by atoms with Gasteiger partial charge in [0.05, 0.1) is 30.4 Å². The van der Waals surface area contributed by atoms with Gasteiger partial charge in [-0.15, -0.1) is 0 Å². The minimum Gasteiger partial charge on any atom is -0.494 e. The summed E-state index contributed by atoms with van der Waals surface area (Å²) in [4.78, 5) is 24.8. The summed E-state index contributed by atoms with van der Waals surface area (Å²) >= 11 is 0. The SMILES string of the molecule is CCCCCCCCCCCCOc1ccc(C(=O)Oc2ccc(C(=O)OCCCC(C)OCCC)cc2)cc1. The highest BCUT2D eigenvalue weighted by Gasteiger charge is 2.12. The Labute approximate surface area is 241 Å². The molecule has 0 radical (unpaired) electrons. The van der Waals surface area contributed by atoms with Crippen LogP contribution in [0.2, 0.25) is 0 Å². The molecule has 0 saturated heterocycles. The summed E-state index contributed by atoms with van der Waals surface area (Å²) in [5.41, 5.74) is 0.853. The van der Waals surface area contributed by atoms with E-state index in [9.17, 15) is 9.59 Å². The van der Waals surface area contributed by atoms with Crippen molar-refractivity contribution in [1.29, 1.82) is 0 Å². The van der Waals surface area contributed by atoms with Crippen LogP contribution >= 0.6 is 0 Å². The normalized spacial score (nSPS) is 11.7. The van der Waals surface area contributed by atoms with Crippen molar-refractivity contribution in [1.82, 2.24) is 0 Å². The molecule has 0 bridgehead atoms. The molecule has 0 aromatic heterocycles. The number of rotatable bonds is 22. The van der Waals surface area contributed by atoms with Crippen molar-refractivity contribution in [3.05, 3.63) is 59.7 Å². The third-order valence-corrected chi connectivity index (χ3v) is 6.75. The quantitative estimate of drug-likeness (QED) is 0.0822. The third-order valence-electron chi connectivity index (χ3n) is 6.75. The van der Waals surface area contributed by atoms with E-state index in [4.69, 9.17) is 18.9 Å². The van der Waals surface area contributed by atoms with Gasteiger partial charge in [-0.1, -0.05) is 71.6 Å². The molecule has 2 rings (SSSR count). The average molecular weight is 555 g/mol. The van der Waals surface area contributed by atoms with E-state index in [1.165, 1.54) is 57.8 Å². The van der Waals surface area contributed by atoms with Crippen LogP contribution in [0, 0.1) is 0 Å². The topological polar surface area (TPSA) is 71.1 Å². The molecule has 0 aliphatic rings. The van der Waals surface area contributed by atoms with Gasteiger partial charge in [0, 0.05) is 6.61 Å². The summed E-state index contributed by atoms with van der Waals surface area (Å²) in [6.45, 7) is 8.13. The molecule has 0 heterocycles. The van der Waals surface area contributed by atoms with Crippen LogP contribution in [-0.4, -0.2) is 37.9 Å². The summed E-state index contributed by atoms with van der Waals surface area (Å²) in [5.74, 6) is 0.257. The van der Waals surface area contributed by atoms with Gasteiger partial charge in [0.25, 0.3) is 0 Å². The summed E-state index contributed by atoms with van der Waals surface area (Å²) in [6, 6.07) is 13.4. The zero-order chi connectivity index (χ0) is 28.8. The largest absolute Gasteiger partial charge is 0.494 e. The molecule has 6 nitrogen and oxygen atoms in total. The van der Waals surface area contributed by atoms with Crippen LogP contribution < -0.4 is 9.47 Å². The first kappa shape index (κ1) is 33.3. The lowest BCUT2D eigenvalue weighted by atomic mass is 10.1. The fourth-order valence-electron chi connectivity index (χ4n) is 4.31. The first-order valence-corrected chi connectivity index (χ1v) is 15.4. The molecule has 0 saturated carbocycles. The van der Waals surface area contributed by atoms with Crippen molar-refractivity contribution in [3.63, 3.8) is 0 Å². The Morgan fingerprint density at radius 2 is 1.15 bits per heavy atom. The van der Waals surface area contributed by atoms with Crippen LogP contribution in [0.1, 0.15) is 125 Å². The fraction of sp³-hybridized carbons (Fsp3) is 0.588. The summed E-state index contributed by atoms with van der Waals surface area (Å²) < 4.78 is 22.2. The van der Waals surface area contributed by atoms with Gasteiger partial charge < -0.3 is 18.9 Å². The minimum atomic E-state index is -0.462. The Balaban J connectivity index is 1.62. The second kappa shape index (κ2) is 21.0. The van der Waals surface area contributed by atoms with Crippen molar-refractivity contribution < 1.29 is 28.5 Å². The predicted octanol–water partition coefficient (Wildman–Crippen LogP) is 8.96. The Morgan fingerprint density at radius 3 is 1.75 bits per heavy atom. The van der Waals surface area contributed by atoms with Gasteiger partial charge in [-0.2, -0.15) is 0 Å². The summed E-state index contributed by atoms with van der Waals surface area (Å²) in [5, 5.41) is 0. The second-order valence-corrected chi connectivity index (χ2v) is 10.4. The molecule has 0 aliphatic carbocycles. The lowest BCUT2D eigenvalue weighted by Gasteiger charge is -2.12. The fourth-order valence-corrected chi connectivity index (χ4v) is 4.31. The average Bonchev–Trinajstić information content (AvgIpc) is 2.97. The van der Waals surface area contributed by atoms with Crippen molar-refractivity contribution >= 4 is 11.9 Å². The number of unbranched alkanes of at least 4 members (excludes halogenated alkanes) is 9. The Morgan fingerprint density at radius 1 is 0.600 bits per heavy atom. The second-order valence-electron chi connectivity index (χ2n) is 10.4. The molecule has 0 spiro atoms. The van der Waals surface area contributed by atoms with Gasteiger partial charge in [-0.3, -0.25) is 0 Å². The van der Waals surface area contributed by atoms with Crippen LogP contribution in [0.3, 0.4) is 0 Å². The Hall–Kier alpha value is -2.86. The van der Waals surface area contributed by atoms with Crippen molar-refractivity contribution in [3.8, 4) is 11.5 Å². The van der Waals surface area contributed by atoms with Crippen LogP contribution in [0.15, 0.2) is 48.5 Å². The molecule has 1 atom stereocenters. The first-order valence-electron chi connectivity index (χ1n) is 15.4. The molecule has 0 fully saturated rings. The van der Waals surface area contributed by atoms with Crippen molar-refractivity contribution in [2.75, 3.05) is 19.8 Å². The molecule has 40 heavy (non-hydrogen) atoms. The molecule has 2 aromatic rings. The van der Waals surface area contributed by atoms with Crippen LogP contribution in [0.25, 0.3) is 0 Å². The van der Waals surface area contributed by atoms with Crippen molar-refractivity contribution in [2.45, 2.75) is 110 Å². The number of hydrogen-bond donors (Lipinski definition) is 0. The molecular weight excluding hydrogens is 504 g/mol. The van der Waals surface area contributed by atoms with Gasteiger partial charge in [0.2, 0.25) is 0 Å². The van der Waals surface area contributed by atoms with Gasteiger partial charge in [0.15, 0.2) is 0 Å². The van der Waals surface area contributed by atoms with Crippen LogP contribution in [0.4, 0.5) is 0 Å².